The smallest absolute Gasteiger partial charge is 0.161 e. The Morgan fingerprint density at radius 3 is 1.00 bits per heavy atom. The first kappa shape index (κ1) is 27.0. The third-order valence-corrected chi connectivity index (χ3v) is 7.63. The molecule has 0 unspecified atom stereocenters. The Hall–Kier alpha value is -5.22. The standard InChI is InChI=1S/C38H32O4/c1-39-35-21-29-17-27(33(25-11-7-5-8-12-25)19-31(29)23-37(35)41-3)15-16-28-18-30-22-36(40-2)38(42-4)24-32(30)20-34(28)26-13-9-6-10-14-26/h5-24H,1-4H3. The first-order chi connectivity index (χ1) is 20.6. The second-order valence-electron chi connectivity index (χ2n) is 10.1. The fraction of sp³-hybridized carbons (Fsp3) is 0.105. The summed E-state index contributed by atoms with van der Waals surface area (Å²) in [5.41, 5.74) is 6.78. The molecule has 0 saturated carbocycles. The van der Waals surface area contributed by atoms with E-state index < -0.39 is 0 Å². The highest BCUT2D eigenvalue weighted by Gasteiger charge is 2.13. The summed E-state index contributed by atoms with van der Waals surface area (Å²) in [6.07, 6.45) is 4.40. The van der Waals surface area contributed by atoms with E-state index in [2.05, 4.69) is 84.9 Å². The van der Waals surface area contributed by atoms with E-state index in [4.69, 9.17) is 18.9 Å². The fourth-order valence-electron chi connectivity index (χ4n) is 5.48. The van der Waals surface area contributed by atoms with E-state index >= 15 is 0 Å². The summed E-state index contributed by atoms with van der Waals surface area (Å²) >= 11 is 0. The van der Waals surface area contributed by atoms with E-state index in [1.54, 1.807) is 28.4 Å². The van der Waals surface area contributed by atoms with Gasteiger partial charge in [-0.25, -0.2) is 0 Å². The van der Waals surface area contributed by atoms with Gasteiger partial charge in [0.2, 0.25) is 0 Å². The van der Waals surface area contributed by atoms with Gasteiger partial charge in [-0.1, -0.05) is 72.8 Å². The normalized spacial score (nSPS) is 11.2. The molecule has 42 heavy (non-hydrogen) atoms. The zero-order chi connectivity index (χ0) is 29.1. The van der Waals surface area contributed by atoms with Crippen molar-refractivity contribution in [2.24, 2.45) is 0 Å². The van der Waals surface area contributed by atoms with Crippen molar-refractivity contribution >= 4 is 33.7 Å². The first-order valence-electron chi connectivity index (χ1n) is 13.8. The van der Waals surface area contributed by atoms with E-state index in [9.17, 15) is 0 Å². The third-order valence-electron chi connectivity index (χ3n) is 7.63. The number of rotatable bonds is 8. The molecule has 0 atom stereocenters. The molecular formula is C38H32O4. The monoisotopic (exact) mass is 552 g/mol. The van der Waals surface area contributed by atoms with Crippen LogP contribution in [0, 0.1) is 0 Å². The molecule has 6 aromatic carbocycles. The summed E-state index contributed by atoms with van der Waals surface area (Å²) in [5.74, 6) is 2.83. The molecule has 4 nitrogen and oxygen atoms in total. The molecule has 0 aliphatic rings. The minimum absolute atomic E-state index is 0.706. The van der Waals surface area contributed by atoms with Crippen LogP contribution in [-0.4, -0.2) is 28.4 Å². The van der Waals surface area contributed by atoms with Gasteiger partial charge < -0.3 is 18.9 Å². The van der Waals surface area contributed by atoms with Crippen LogP contribution >= 0.6 is 0 Å². The van der Waals surface area contributed by atoms with Gasteiger partial charge in [-0.2, -0.15) is 0 Å². The molecule has 6 rings (SSSR count). The fourth-order valence-corrected chi connectivity index (χ4v) is 5.48. The summed E-state index contributed by atoms with van der Waals surface area (Å²) in [6.45, 7) is 0. The lowest BCUT2D eigenvalue weighted by Gasteiger charge is -2.14. The van der Waals surface area contributed by atoms with Crippen LogP contribution in [0.3, 0.4) is 0 Å². The molecule has 0 saturated heterocycles. The van der Waals surface area contributed by atoms with Crippen molar-refractivity contribution in [2.75, 3.05) is 28.4 Å². The molecule has 0 amide bonds. The van der Waals surface area contributed by atoms with Gasteiger partial charge >= 0.3 is 0 Å². The largest absolute Gasteiger partial charge is 0.493 e. The van der Waals surface area contributed by atoms with Gasteiger partial charge in [0, 0.05) is 0 Å². The van der Waals surface area contributed by atoms with Crippen molar-refractivity contribution in [3.05, 3.63) is 120 Å². The van der Waals surface area contributed by atoms with Crippen molar-refractivity contribution in [1.82, 2.24) is 0 Å². The van der Waals surface area contributed by atoms with Crippen LogP contribution in [-0.2, 0) is 0 Å². The van der Waals surface area contributed by atoms with E-state index in [0.29, 0.717) is 23.0 Å². The second kappa shape index (κ2) is 11.7. The van der Waals surface area contributed by atoms with Gasteiger partial charge in [0.1, 0.15) is 0 Å². The van der Waals surface area contributed by atoms with E-state index in [-0.39, 0.29) is 0 Å². The average Bonchev–Trinajstić information content (AvgIpc) is 3.05. The number of hydrogen-bond acceptors (Lipinski definition) is 4. The van der Waals surface area contributed by atoms with Crippen molar-refractivity contribution in [3.8, 4) is 45.3 Å². The van der Waals surface area contributed by atoms with Crippen LogP contribution in [0.4, 0.5) is 0 Å². The molecule has 0 radical (unpaired) electrons. The molecule has 6 aromatic rings. The maximum atomic E-state index is 5.61. The van der Waals surface area contributed by atoms with Gasteiger partial charge in [-0.3, -0.25) is 0 Å². The molecule has 4 heteroatoms. The molecule has 0 spiro atoms. The van der Waals surface area contributed by atoms with Crippen LogP contribution in [0.2, 0.25) is 0 Å². The van der Waals surface area contributed by atoms with Gasteiger partial charge in [-0.15, -0.1) is 0 Å². The lowest BCUT2D eigenvalue weighted by atomic mass is 9.92. The van der Waals surface area contributed by atoms with Crippen LogP contribution in [0.25, 0.3) is 56.0 Å². The van der Waals surface area contributed by atoms with Gasteiger partial charge in [0.15, 0.2) is 23.0 Å². The zero-order valence-corrected chi connectivity index (χ0v) is 24.2. The predicted molar refractivity (Wildman–Crippen MR) is 174 cm³/mol. The summed E-state index contributed by atoms with van der Waals surface area (Å²) in [6, 6.07) is 37.9. The van der Waals surface area contributed by atoms with Crippen molar-refractivity contribution in [1.29, 1.82) is 0 Å². The molecule has 0 heterocycles. The maximum Gasteiger partial charge on any atom is 0.161 e. The molecule has 0 N–H and O–H groups in total. The van der Waals surface area contributed by atoms with Crippen LogP contribution in [0.15, 0.2) is 109 Å². The maximum absolute atomic E-state index is 5.61. The number of hydrogen-bond donors (Lipinski definition) is 0. The average molecular weight is 553 g/mol. The highest BCUT2D eigenvalue weighted by molar-refractivity contribution is 5.98. The predicted octanol–water partition coefficient (Wildman–Crippen LogP) is 9.53. The summed E-state index contributed by atoms with van der Waals surface area (Å²) in [5, 5.41) is 4.32. The third kappa shape index (κ3) is 5.15. The lowest BCUT2D eigenvalue weighted by molar-refractivity contribution is 0.356. The number of fused-ring (bicyclic) bond motifs is 2. The highest BCUT2D eigenvalue weighted by Crippen LogP contribution is 2.39. The van der Waals surface area contributed by atoms with Crippen LogP contribution in [0.1, 0.15) is 11.1 Å². The first-order valence-corrected chi connectivity index (χ1v) is 13.8. The Morgan fingerprint density at radius 1 is 0.381 bits per heavy atom. The number of benzene rings is 6. The van der Waals surface area contributed by atoms with Crippen molar-refractivity contribution in [2.45, 2.75) is 0 Å². The Balaban J connectivity index is 1.56. The van der Waals surface area contributed by atoms with E-state index in [1.807, 2.05) is 36.4 Å². The second-order valence-corrected chi connectivity index (χ2v) is 10.1. The van der Waals surface area contributed by atoms with Gasteiger partial charge in [0.05, 0.1) is 28.4 Å². The minimum atomic E-state index is 0.706. The number of ether oxygens (including phenoxy) is 4. The zero-order valence-electron chi connectivity index (χ0n) is 24.2. The van der Waals surface area contributed by atoms with Gasteiger partial charge in [0.25, 0.3) is 0 Å². The molecular weight excluding hydrogens is 520 g/mol. The molecule has 0 bridgehead atoms. The van der Waals surface area contributed by atoms with E-state index in [1.165, 1.54) is 0 Å². The molecule has 0 aliphatic carbocycles. The quantitative estimate of drug-likeness (QED) is 0.176. The van der Waals surface area contributed by atoms with Crippen molar-refractivity contribution < 1.29 is 18.9 Å². The van der Waals surface area contributed by atoms with Gasteiger partial charge in [-0.05, 0) is 103 Å². The van der Waals surface area contributed by atoms with E-state index in [0.717, 1.165) is 54.9 Å². The minimum Gasteiger partial charge on any atom is -0.493 e. The summed E-state index contributed by atoms with van der Waals surface area (Å²) in [4.78, 5) is 0. The Kier molecular flexibility index (Phi) is 7.52. The van der Waals surface area contributed by atoms with Crippen LogP contribution in [0.5, 0.6) is 23.0 Å². The molecule has 0 aromatic heterocycles. The van der Waals surface area contributed by atoms with Crippen LogP contribution < -0.4 is 18.9 Å². The SMILES string of the molecule is COc1cc2cc(C=Cc3cc4cc(OC)c(OC)cc4cc3-c3ccccc3)c(-c3ccccc3)cc2cc1OC. The molecule has 208 valence electrons. The number of methoxy groups -OCH3 is 4. The summed E-state index contributed by atoms with van der Waals surface area (Å²) in [7, 11) is 6.66. The molecule has 0 fully saturated rings. The Morgan fingerprint density at radius 2 is 0.690 bits per heavy atom. The highest BCUT2D eigenvalue weighted by atomic mass is 16.5. The van der Waals surface area contributed by atoms with Crippen molar-refractivity contribution in [3.63, 3.8) is 0 Å². The molecule has 0 aliphatic heterocycles. The Labute approximate surface area is 246 Å². The lowest BCUT2D eigenvalue weighted by Crippen LogP contribution is -1.92. The summed E-state index contributed by atoms with van der Waals surface area (Å²) < 4.78 is 22.4. The Bertz CT molecular complexity index is 1770. The topological polar surface area (TPSA) is 36.9 Å².